The Morgan fingerprint density at radius 2 is 1.04 bits per heavy atom. The highest BCUT2D eigenvalue weighted by atomic mass is 31.2. The van der Waals surface area contributed by atoms with Gasteiger partial charge in [0, 0.05) is 12.8 Å². The number of aliphatic hydroxyl groups is 1. The predicted octanol–water partition coefficient (Wildman–Crippen LogP) is 12.0. The molecule has 0 saturated heterocycles. The zero-order chi connectivity index (χ0) is 40.5. The summed E-state index contributed by atoms with van der Waals surface area (Å²) in [5.41, 5.74) is 0. The lowest BCUT2D eigenvalue weighted by atomic mass is 10.1. The molecule has 0 aliphatic carbocycles. The maximum absolute atomic E-state index is 12.4. The van der Waals surface area contributed by atoms with Gasteiger partial charge in [-0.15, -0.1) is 0 Å². The van der Waals surface area contributed by atoms with Gasteiger partial charge in [-0.25, -0.2) is 4.57 Å². The number of phosphoric acid groups is 1. The number of phosphoric ester groups is 1. The SMILES string of the molecule is CCCCC/C=C\C/C=C\C/C=C\C=C\[C@H](O)CCCC(=O)O[C@H](COC(=O)CCCCCCCCCCC/C=C\C/C=C\CCCCC)COP(=O)(O)O. The molecule has 0 aromatic carbocycles. The third kappa shape index (κ3) is 42.4. The highest BCUT2D eigenvalue weighted by molar-refractivity contribution is 7.46. The number of ether oxygens (including phenoxy) is 2. The molecule has 0 bridgehead atoms. The quantitative estimate of drug-likeness (QED) is 0.0183. The number of aliphatic hydroxyl groups excluding tert-OH is 1. The van der Waals surface area contributed by atoms with Crippen molar-refractivity contribution in [3.05, 3.63) is 72.9 Å². The predicted molar refractivity (Wildman–Crippen MR) is 226 cm³/mol. The van der Waals surface area contributed by atoms with E-state index in [4.69, 9.17) is 19.3 Å². The van der Waals surface area contributed by atoms with E-state index < -0.39 is 38.6 Å². The number of hydrogen-bond donors (Lipinski definition) is 3. The van der Waals surface area contributed by atoms with E-state index in [9.17, 15) is 19.3 Å². The summed E-state index contributed by atoms with van der Waals surface area (Å²) in [7, 11) is -4.81. The van der Waals surface area contributed by atoms with E-state index in [0.717, 1.165) is 51.4 Å². The number of rotatable bonds is 38. The van der Waals surface area contributed by atoms with Crippen LogP contribution in [0, 0.1) is 0 Å². The van der Waals surface area contributed by atoms with Gasteiger partial charge in [0.05, 0.1) is 12.7 Å². The van der Waals surface area contributed by atoms with Crippen molar-refractivity contribution in [1.82, 2.24) is 0 Å². The van der Waals surface area contributed by atoms with Crippen LogP contribution in [0.2, 0.25) is 0 Å². The van der Waals surface area contributed by atoms with E-state index >= 15 is 0 Å². The van der Waals surface area contributed by atoms with E-state index in [1.54, 1.807) is 12.2 Å². The molecule has 0 unspecified atom stereocenters. The minimum absolute atomic E-state index is 0.0202. The first-order valence-electron chi connectivity index (χ1n) is 21.3. The minimum Gasteiger partial charge on any atom is -0.462 e. The van der Waals surface area contributed by atoms with Crippen LogP contribution in [0.4, 0.5) is 0 Å². The lowest BCUT2D eigenvalue weighted by Crippen LogP contribution is -2.29. The summed E-state index contributed by atoms with van der Waals surface area (Å²) in [4.78, 5) is 42.9. The molecule has 0 spiro atoms. The van der Waals surface area contributed by atoms with Crippen LogP contribution in [0.5, 0.6) is 0 Å². The highest BCUT2D eigenvalue weighted by Crippen LogP contribution is 2.36. The standard InChI is InChI=1S/C45H77O9P/c1-3-5-7-9-11-13-15-17-18-19-20-21-22-24-26-28-30-32-34-38-44(47)52-40-43(41-53-55(49,50)51)54-45(48)39-35-37-42(46)36-33-31-29-27-25-23-16-14-12-10-8-6-4-2/h11-14,17-18,23,25,29,31,33,36,42-43,46H,3-10,15-16,19-22,24,26-28,30,32,34-35,37-41H2,1-2H3,(H2,49,50,51)/b13-11-,14-12-,18-17-,25-23-,31-29-,36-33+/t42-,43+/m0/s1. The number of carbonyl (C=O) groups is 2. The fourth-order valence-electron chi connectivity index (χ4n) is 5.56. The first-order valence-corrected chi connectivity index (χ1v) is 22.9. The van der Waals surface area contributed by atoms with Gasteiger partial charge in [0.2, 0.25) is 0 Å². The lowest BCUT2D eigenvalue weighted by Gasteiger charge is -2.18. The van der Waals surface area contributed by atoms with Gasteiger partial charge in [-0.05, 0) is 77.0 Å². The largest absolute Gasteiger partial charge is 0.469 e. The monoisotopic (exact) mass is 793 g/mol. The van der Waals surface area contributed by atoms with Gasteiger partial charge >= 0.3 is 19.8 Å². The Bertz CT molecular complexity index is 1140. The van der Waals surface area contributed by atoms with Crippen LogP contribution in [0.25, 0.3) is 0 Å². The zero-order valence-corrected chi connectivity index (χ0v) is 35.3. The molecule has 3 N–H and O–H groups in total. The summed E-state index contributed by atoms with van der Waals surface area (Å²) in [5, 5.41) is 10.2. The smallest absolute Gasteiger partial charge is 0.462 e. The van der Waals surface area contributed by atoms with E-state index in [2.05, 4.69) is 67.0 Å². The molecule has 0 saturated carbocycles. The van der Waals surface area contributed by atoms with Crippen LogP contribution in [0.3, 0.4) is 0 Å². The molecule has 0 radical (unpaired) electrons. The van der Waals surface area contributed by atoms with Crippen molar-refractivity contribution in [2.45, 2.75) is 187 Å². The van der Waals surface area contributed by atoms with Crippen molar-refractivity contribution < 1.29 is 43.0 Å². The Hall–Kier alpha value is -2.55. The van der Waals surface area contributed by atoms with Crippen molar-refractivity contribution in [2.24, 2.45) is 0 Å². The van der Waals surface area contributed by atoms with Crippen molar-refractivity contribution in [3.63, 3.8) is 0 Å². The van der Waals surface area contributed by atoms with Crippen LogP contribution in [-0.2, 0) is 28.2 Å². The third-order valence-electron chi connectivity index (χ3n) is 8.80. The summed E-state index contributed by atoms with van der Waals surface area (Å²) >= 11 is 0. The van der Waals surface area contributed by atoms with E-state index in [0.29, 0.717) is 19.3 Å². The second-order valence-electron chi connectivity index (χ2n) is 14.2. The van der Waals surface area contributed by atoms with Crippen LogP contribution in [0.15, 0.2) is 72.9 Å². The van der Waals surface area contributed by atoms with E-state index in [-0.39, 0.29) is 19.4 Å². The maximum atomic E-state index is 12.4. The van der Waals surface area contributed by atoms with Gasteiger partial charge in [-0.3, -0.25) is 14.1 Å². The maximum Gasteiger partial charge on any atom is 0.469 e. The normalized spacial score (nSPS) is 13.8. The summed E-state index contributed by atoms with van der Waals surface area (Å²) in [6.07, 6.45) is 47.9. The van der Waals surface area contributed by atoms with E-state index in [1.807, 2.05) is 12.2 Å². The van der Waals surface area contributed by atoms with Crippen molar-refractivity contribution in [2.75, 3.05) is 13.2 Å². The van der Waals surface area contributed by atoms with Crippen LogP contribution < -0.4 is 0 Å². The topological polar surface area (TPSA) is 140 Å². The van der Waals surface area contributed by atoms with Gasteiger partial charge < -0.3 is 24.4 Å². The molecule has 0 aromatic rings. The molecule has 0 heterocycles. The van der Waals surface area contributed by atoms with Gasteiger partial charge in [-0.1, -0.05) is 157 Å². The molecule has 10 heteroatoms. The molecule has 0 aromatic heterocycles. The number of hydrogen-bond acceptors (Lipinski definition) is 7. The summed E-state index contributed by atoms with van der Waals surface area (Å²) in [5.74, 6) is -1.10. The van der Waals surface area contributed by atoms with Crippen LogP contribution >= 0.6 is 7.82 Å². The van der Waals surface area contributed by atoms with E-state index in [1.165, 1.54) is 77.0 Å². The van der Waals surface area contributed by atoms with Gasteiger partial charge in [0.15, 0.2) is 6.10 Å². The molecule has 55 heavy (non-hydrogen) atoms. The molecular weight excluding hydrogens is 715 g/mol. The molecule has 0 fully saturated rings. The minimum atomic E-state index is -4.81. The molecule has 0 aliphatic heterocycles. The molecule has 0 amide bonds. The molecule has 0 rings (SSSR count). The molecule has 0 aliphatic rings. The second kappa shape index (κ2) is 39.7. The number of unbranched alkanes of at least 4 members (excludes halogenated alkanes) is 15. The highest BCUT2D eigenvalue weighted by Gasteiger charge is 2.23. The Labute approximate surface area is 334 Å². The molecule has 9 nitrogen and oxygen atoms in total. The Balaban J connectivity index is 4.11. The fourth-order valence-corrected chi connectivity index (χ4v) is 5.92. The molecule has 2 atom stereocenters. The van der Waals surface area contributed by atoms with Gasteiger partial charge in [0.1, 0.15) is 6.61 Å². The average Bonchev–Trinajstić information content (AvgIpc) is 3.15. The number of allylic oxidation sites excluding steroid dienone is 11. The van der Waals surface area contributed by atoms with Crippen molar-refractivity contribution in [3.8, 4) is 0 Å². The van der Waals surface area contributed by atoms with Gasteiger partial charge in [-0.2, -0.15) is 0 Å². The first-order chi connectivity index (χ1) is 26.7. The summed E-state index contributed by atoms with van der Waals surface area (Å²) < 4.78 is 26.3. The number of carbonyl (C=O) groups excluding carboxylic acids is 2. The Kier molecular flexibility index (Phi) is 37.8. The summed E-state index contributed by atoms with van der Waals surface area (Å²) in [6.45, 7) is 3.46. The zero-order valence-electron chi connectivity index (χ0n) is 34.4. The Morgan fingerprint density at radius 1 is 0.564 bits per heavy atom. The molecule has 316 valence electrons. The first kappa shape index (κ1) is 52.5. The Morgan fingerprint density at radius 3 is 1.58 bits per heavy atom. The van der Waals surface area contributed by atoms with Crippen molar-refractivity contribution in [1.29, 1.82) is 0 Å². The number of esters is 2. The third-order valence-corrected chi connectivity index (χ3v) is 9.29. The van der Waals surface area contributed by atoms with Crippen molar-refractivity contribution >= 4 is 19.8 Å². The average molecular weight is 793 g/mol. The second-order valence-corrected chi connectivity index (χ2v) is 15.4. The summed E-state index contributed by atoms with van der Waals surface area (Å²) in [6, 6.07) is 0. The van der Waals surface area contributed by atoms with Crippen LogP contribution in [-0.4, -0.2) is 52.3 Å². The molecular formula is C45H77O9P. The van der Waals surface area contributed by atoms with Crippen LogP contribution in [0.1, 0.15) is 174 Å². The van der Waals surface area contributed by atoms with Gasteiger partial charge in [0.25, 0.3) is 0 Å². The fraction of sp³-hybridized carbons (Fsp3) is 0.689. The lowest BCUT2D eigenvalue weighted by molar-refractivity contribution is -0.161.